The molecule has 0 fully saturated rings. The Morgan fingerprint density at radius 2 is 1.50 bits per heavy atom. The van der Waals surface area contributed by atoms with Gasteiger partial charge in [0.1, 0.15) is 5.71 Å². The molecule has 0 saturated heterocycles. The molecule has 0 atom stereocenters. The fraction of sp³-hybridized carbons (Fsp3) is 0.250. The molecule has 120 valence electrons. The predicted octanol–water partition coefficient (Wildman–Crippen LogP) is 2.86. The van der Waals surface area contributed by atoms with E-state index in [2.05, 4.69) is 5.10 Å². The summed E-state index contributed by atoms with van der Waals surface area (Å²) in [5, 5.41) is 2.60. The van der Waals surface area contributed by atoms with Crippen LogP contribution in [0.3, 0.4) is 0 Å². The van der Waals surface area contributed by atoms with Crippen LogP contribution in [0.1, 0.15) is 16.8 Å². The van der Waals surface area contributed by atoms with Crippen LogP contribution in [-0.2, 0) is 4.79 Å². The summed E-state index contributed by atoms with van der Waals surface area (Å²) in [4.78, 5) is 22.1. The largest absolute Gasteiger partial charge is 0.450 e. The summed E-state index contributed by atoms with van der Waals surface area (Å²) in [5.74, 6) is -3.67. The first-order valence-corrected chi connectivity index (χ1v) is 5.61. The zero-order valence-corrected chi connectivity index (χ0v) is 10.6. The number of hydrogen-bond donors (Lipinski definition) is 1. The van der Waals surface area contributed by atoms with Crippen LogP contribution in [0.2, 0.25) is 0 Å². The van der Waals surface area contributed by atoms with Crippen molar-refractivity contribution in [2.24, 2.45) is 5.10 Å². The smallest absolute Gasteiger partial charge is 0.289 e. The van der Waals surface area contributed by atoms with Crippen molar-refractivity contribution in [2.75, 3.05) is 0 Å². The van der Waals surface area contributed by atoms with Gasteiger partial charge in [-0.05, 0) is 12.1 Å². The van der Waals surface area contributed by atoms with Crippen LogP contribution >= 0.6 is 0 Å². The van der Waals surface area contributed by atoms with Gasteiger partial charge in [-0.25, -0.2) is 5.43 Å². The lowest BCUT2D eigenvalue weighted by Gasteiger charge is -2.11. The maximum Gasteiger partial charge on any atom is 0.450 e. The highest BCUT2D eigenvalue weighted by atomic mass is 19.4. The molecule has 4 nitrogen and oxygen atoms in total. The lowest BCUT2D eigenvalue weighted by Crippen LogP contribution is -2.34. The highest BCUT2D eigenvalue weighted by molar-refractivity contribution is 6.07. The van der Waals surface area contributed by atoms with Gasteiger partial charge in [0.2, 0.25) is 5.78 Å². The maximum atomic E-state index is 12.5. The van der Waals surface area contributed by atoms with Crippen LogP contribution in [0.15, 0.2) is 35.4 Å². The summed E-state index contributed by atoms with van der Waals surface area (Å²) in [6, 6.07) is 6.92. The van der Waals surface area contributed by atoms with E-state index in [0.29, 0.717) is 0 Å². The molecule has 1 aromatic carbocycles. The highest BCUT2D eigenvalue weighted by Gasteiger charge is 2.45. The predicted molar refractivity (Wildman–Crippen MR) is 63.1 cm³/mol. The Labute approximate surface area is 119 Å². The molecule has 1 N–H and O–H groups in total. The Morgan fingerprint density at radius 1 is 0.955 bits per heavy atom. The molecule has 1 amide bonds. The first-order valence-electron chi connectivity index (χ1n) is 5.61. The first-order chi connectivity index (χ1) is 10.0. The van der Waals surface area contributed by atoms with Gasteiger partial charge in [-0.2, -0.15) is 31.4 Å². The van der Waals surface area contributed by atoms with Crippen molar-refractivity contribution in [3.63, 3.8) is 0 Å². The summed E-state index contributed by atoms with van der Waals surface area (Å²) in [5.41, 5.74) is -0.617. The number of rotatable bonds is 4. The monoisotopic (exact) mass is 326 g/mol. The fourth-order valence-corrected chi connectivity index (χ4v) is 1.23. The maximum absolute atomic E-state index is 12.5. The zero-order chi connectivity index (χ0) is 17.0. The van der Waals surface area contributed by atoms with Gasteiger partial charge < -0.3 is 0 Å². The van der Waals surface area contributed by atoms with E-state index in [1.807, 2.05) is 0 Å². The van der Waals surface area contributed by atoms with Crippen LogP contribution in [0, 0.1) is 0 Å². The Hall–Kier alpha value is -2.39. The SMILES string of the molecule is O=C(N/N=C(\CC(=O)C(F)(F)F)C(F)(F)F)c1ccccc1. The summed E-state index contributed by atoms with van der Waals surface area (Å²) in [7, 11) is 0. The Bertz CT molecular complexity index is 578. The Balaban J connectivity index is 2.89. The van der Waals surface area contributed by atoms with E-state index in [4.69, 9.17) is 0 Å². The van der Waals surface area contributed by atoms with Crippen molar-refractivity contribution in [1.29, 1.82) is 0 Å². The van der Waals surface area contributed by atoms with Gasteiger partial charge in [0, 0.05) is 5.56 Å². The molecule has 0 unspecified atom stereocenters. The third kappa shape index (κ3) is 5.19. The number of hydrazone groups is 1. The van der Waals surface area contributed by atoms with Crippen molar-refractivity contribution in [2.45, 2.75) is 18.8 Å². The van der Waals surface area contributed by atoms with Gasteiger partial charge >= 0.3 is 12.4 Å². The van der Waals surface area contributed by atoms with Crippen LogP contribution in [0.25, 0.3) is 0 Å². The van der Waals surface area contributed by atoms with Gasteiger partial charge in [-0.1, -0.05) is 18.2 Å². The molecule has 0 aromatic heterocycles. The van der Waals surface area contributed by atoms with Crippen LogP contribution in [0.5, 0.6) is 0 Å². The number of Topliss-reactive ketones (excluding diaryl/α,β-unsaturated/α-hetero) is 1. The second kappa shape index (κ2) is 6.58. The molecular formula is C12H8F6N2O2. The number of carbonyl (C=O) groups excluding carboxylic acids is 2. The number of alkyl halides is 6. The second-order valence-corrected chi connectivity index (χ2v) is 3.96. The molecule has 0 bridgehead atoms. The first kappa shape index (κ1) is 17.7. The lowest BCUT2D eigenvalue weighted by atomic mass is 10.2. The average Bonchev–Trinajstić information content (AvgIpc) is 2.41. The van der Waals surface area contributed by atoms with E-state index in [0.717, 1.165) is 0 Å². The van der Waals surface area contributed by atoms with Gasteiger partial charge in [0.25, 0.3) is 5.91 Å². The number of benzene rings is 1. The van der Waals surface area contributed by atoms with Crippen LogP contribution in [0.4, 0.5) is 26.3 Å². The zero-order valence-electron chi connectivity index (χ0n) is 10.6. The molecule has 0 saturated carbocycles. The normalized spacial score (nSPS) is 12.9. The second-order valence-electron chi connectivity index (χ2n) is 3.96. The molecule has 10 heteroatoms. The number of nitrogens with zero attached hydrogens (tertiary/aromatic N) is 1. The molecule has 22 heavy (non-hydrogen) atoms. The molecule has 0 aliphatic carbocycles. The fourth-order valence-electron chi connectivity index (χ4n) is 1.23. The average molecular weight is 326 g/mol. The minimum Gasteiger partial charge on any atom is -0.289 e. The van der Waals surface area contributed by atoms with Crippen molar-refractivity contribution in [3.05, 3.63) is 35.9 Å². The molecule has 0 aliphatic heterocycles. The Morgan fingerprint density at radius 3 is 1.95 bits per heavy atom. The number of halogens is 6. The summed E-state index contributed by atoms with van der Waals surface area (Å²) < 4.78 is 73.6. The van der Waals surface area contributed by atoms with Gasteiger partial charge in [-0.3, -0.25) is 9.59 Å². The number of ketones is 1. The topological polar surface area (TPSA) is 58.5 Å². The Kier molecular flexibility index (Phi) is 5.28. The van der Waals surface area contributed by atoms with Crippen LogP contribution in [-0.4, -0.2) is 29.8 Å². The molecule has 0 spiro atoms. The van der Waals surface area contributed by atoms with Crippen molar-refractivity contribution in [3.8, 4) is 0 Å². The number of amides is 1. The van der Waals surface area contributed by atoms with Crippen molar-refractivity contribution < 1.29 is 35.9 Å². The number of hydrogen-bond acceptors (Lipinski definition) is 3. The number of carbonyl (C=O) groups is 2. The third-order valence-corrected chi connectivity index (χ3v) is 2.30. The number of nitrogens with one attached hydrogen (secondary N) is 1. The molecule has 0 aliphatic rings. The molecular weight excluding hydrogens is 318 g/mol. The summed E-state index contributed by atoms with van der Waals surface area (Å²) in [6.45, 7) is 0. The van der Waals surface area contributed by atoms with Crippen molar-refractivity contribution in [1.82, 2.24) is 5.43 Å². The molecule has 1 rings (SSSR count). The van der Waals surface area contributed by atoms with E-state index >= 15 is 0 Å². The molecule has 0 radical (unpaired) electrons. The highest BCUT2D eigenvalue weighted by Crippen LogP contribution is 2.24. The standard InChI is InChI=1S/C12H8F6N2O2/c13-11(14,15)8(6-9(21)12(16,17)18)19-20-10(22)7-4-2-1-3-5-7/h1-5H,6H2,(H,20,22)/b19-8+. The van der Waals surface area contributed by atoms with Gasteiger partial charge in [0.05, 0.1) is 6.42 Å². The van der Waals surface area contributed by atoms with E-state index in [-0.39, 0.29) is 5.56 Å². The van der Waals surface area contributed by atoms with E-state index in [1.165, 1.54) is 29.7 Å². The lowest BCUT2D eigenvalue weighted by molar-refractivity contribution is -0.170. The van der Waals surface area contributed by atoms with Gasteiger partial charge in [0.15, 0.2) is 0 Å². The minimum atomic E-state index is -5.42. The summed E-state index contributed by atoms with van der Waals surface area (Å²) >= 11 is 0. The minimum absolute atomic E-state index is 0.0464. The van der Waals surface area contributed by atoms with Gasteiger partial charge in [-0.15, -0.1) is 0 Å². The molecule has 0 heterocycles. The van der Waals surface area contributed by atoms with E-state index in [9.17, 15) is 35.9 Å². The van der Waals surface area contributed by atoms with Crippen LogP contribution < -0.4 is 5.43 Å². The van der Waals surface area contributed by atoms with E-state index in [1.54, 1.807) is 6.07 Å². The third-order valence-electron chi connectivity index (χ3n) is 2.30. The molecule has 1 aromatic rings. The quantitative estimate of drug-likeness (QED) is 0.525. The summed E-state index contributed by atoms with van der Waals surface area (Å²) in [6.07, 6.45) is -12.7. The van der Waals surface area contributed by atoms with Crippen molar-refractivity contribution >= 4 is 17.4 Å². The van der Waals surface area contributed by atoms with E-state index < -0.39 is 36.2 Å².